The van der Waals surface area contributed by atoms with Crippen LogP contribution in [0.1, 0.15) is 0 Å². The lowest BCUT2D eigenvalue weighted by atomic mass is 9.84. The maximum Gasteiger partial charge on any atom is 0.0361 e. The van der Waals surface area contributed by atoms with Crippen molar-refractivity contribution in [2.45, 2.75) is 0 Å². The van der Waals surface area contributed by atoms with Crippen LogP contribution in [0.4, 0.5) is 0 Å². The molecule has 2 aromatic heterocycles. The van der Waals surface area contributed by atoms with Gasteiger partial charge >= 0.3 is 0 Å². The van der Waals surface area contributed by atoms with Crippen molar-refractivity contribution in [1.82, 2.24) is 0 Å². The van der Waals surface area contributed by atoms with Crippen molar-refractivity contribution in [3.05, 3.63) is 182 Å². The Labute approximate surface area is 319 Å². The fraction of sp³-hybridized carbons (Fsp3) is 0. The highest BCUT2D eigenvalue weighted by atomic mass is 32.1. The molecule has 0 saturated carbocycles. The molecule has 2 heterocycles. The van der Waals surface area contributed by atoms with Gasteiger partial charge in [0.15, 0.2) is 0 Å². The first kappa shape index (κ1) is 30.2. The highest BCUT2D eigenvalue weighted by Gasteiger charge is 2.19. The molecule has 250 valence electrons. The minimum Gasteiger partial charge on any atom is -0.135 e. The Morgan fingerprint density at radius 2 is 0.759 bits per heavy atom. The van der Waals surface area contributed by atoms with Gasteiger partial charge in [-0.05, 0) is 107 Å². The summed E-state index contributed by atoms with van der Waals surface area (Å²) in [4.78, 5) is 0. The number of thiophene rings is 2. The maximum atomic E-state index is 2.43. The largest absolute Gasteiger partial charge is 0.135 e. The lowest BCUT2D eigenvalue weighted by molar-refractivity contribution is 1.69. The Balaban J connectivity index is 1.03. The van der Waals surface area contributed by atoms with Gasteiger partial charge in [-0.15, -0.1) is 22.7 Å². The van der Waals surface area contributed by atoms with E-state index in [0.717, 1.165) is 0 Å². The van der Waals surface area contributed by atoms with Gasteiger partial charge in [0.05, 0.1) is 0 Å². The molecule has 0 atom stereocenters. The molecule has 12 aromatic rings. The van der Waals surface area contributed by atoms with Crippen LogP contribution in [0, 0.1) is 0 Å². The summed E-state index contributed by atoms with van der Waals surface area (Å²) in [6.45, 7) is 0. The summed E-state index contributed by atoms with van der Waals surface area (Å²) >= 11 is 3.79. The van der Waals surface area contributed by atoms with Crippen LogP contribution in [-0.4, -0.2) is 0 Å². The van der Waals surface area contributed by atoms with Crippen molar-refractivity contribution < 1.29 is 0 Å². The van der Waals surface area contributed by atoms with Crippen LogP contribution in [0.2, 0.25) is 0 Å². The zero-order valence-electron chi connectivity index (χ0n) is 29.1. The van der Waals surface area contributed by atoms with Gasteiger partial charge in [-0.2, -0.15) is 0 Å². The normalized spacial score (nSPS) is 12.1. The second-order valence-electron chi connectivity index (χ2n) is 14.4. The van der Waals surface area contributed by atoms with E-state index in [-0.39, 0.29) is 0 Å². The van der Waals surface area contributed by atoms with Crippen molar-refractivity contribution >= 4 is 106 Å². The molecule has 0 nitrogen and oxygen atoms in total. The highest BCUT2D eigenvalue weighted by molar-refractivity contribution is 7.26. The number of hydrogen-bond acceptors (Lipinski definition) is 2. The van der Waals surface area contributed by atoms with E-state index in [1.54, 1.807) is 0 Å². The third-order valence-corrected chi connectivity index (χ3v) is 13.7. The first-order valence-corrected chi connectivity index (χ1v) is 20.1. The van der Waals surface area contributed by atoms with E-state index in [4.69, 9.17) is 0 Å². The molecule has 0 spiro atoms. The summed E-state index contributed by atoms with van der Waals surface area (Å²) in [6, 6.07) is 67.9. The standard InChI is InChI=1S/C52H30S2/c1-3-13-36-31(10-1)12-9-19-40(36)51-43-17-7-5-15-41(43)50(42-16-6-8-18-44(42)51)35-21-25-39-38-24-20-34(29-48(38)54-49(39)30-35)33-23-26-46-45(28-33)52-37-14-4-2-11-32(37)22-27-47(52)53-46/h1-30H. The average molecular weight is 719 g/mol. The summed E-state index contributed by atoms with van der Waals surface area (Å²) in [6.07, 6.45) is 0. The Morgan fingerprint density at radius 1 is 0.259 bits per heavy atom. The minimum atomic E-state index is 1.26. The van der Waals surface area contributed by atoms with E-state index in [2.05, 4.69) is 182 Å². The van der Waals surface area contributed by atoms with Crippen molar-refractivity contribution in [2.75, 3.05) is 0 Å². The van der Waals surface area contributed by atoms with Crippen LogP contribution in [0.5, 0.6) is 0 Å². The molecule has 0 amide bonds. The second kappa shape index (κ2) is 11.6. The Hall–Kier alpha value is -6.32. The number of benzene rings is 10. The molecule has 0 saturated heterocycles. The summed E-state index contributed by atoms with van der Waals surface area (Å²) in [7, 11) is 0. The molecular weight excluding hydrogens is 689 g/mol. The number of hydrogen-bond donors (Lipinski definition) is 0. The van der Waals surface area contributed by atoms with Crippen molar-refractivity contribution in [3.63, 3.8) is 0 Å². The average Bonchev–Trinajstić information content (AvgIpc) is 3.80. The zero-order chi connectivity index (χ0) is 35.3. The fourth-order valence-corrected chi connectivity index (χ4v) is 11.3. The maximum absolute atomic E-state index is 2.43. The molecular formula is C52H30S2. The number of rotatable bonds is 3. The lowest BCUT2D eigenvalue weighted by Crippen LogP contribution is -1.91. The summed E-state index contributed by atoms with van der Waals surface area (Å²) in [5.74, 6) is 0. The summed E-state index contributed by atoms with van der Waals surface area (Å²) in [5, 5.41) is 15.7. The van der Waals surface area contributed by atoms with E-state index in [0.29, 0.717) is 0 Å². The molecule has 2 heteroatoms. The first-order valence-electron chi connectivity index (χ1n) is 18.5. The molecule has 12 rings (SSSR count). The topological polar surface area (TPSA) is 0 Å². The van der Waals surface area contributed by atoms with Gasteiger partial charge in [0.2, 0.25) is 0 Å². The quantitative estimate of drug-likeness (QED) is 0.160. The monoisotopic (exact) mass is 718 g/mol. The summed E-state index contributed by atoms with van der Waals surface area (Å²) < 4.78 is 5.32. The molecule has 0 aliphatic heterocycles. The van der Waals surface area contributed by atoms with Crippen LogP contribution in [0.15, 0.2) is 182 Å². The fourth-order valence-electron chi connectivity index (χ4n) is 9.01. The van der Waals surface area contributed by atoms with Crippen LogP contribution < -0.4 is 0 Å². The number of fused-ring (bicyclic) bond motifs is 11. The third kappa shape index (κ3) is 4.42. The molecule has 54 heavy (non-hydrogen) atoms. The SMILES string of the molecule is c1ccc2c(-c3c4ccccc4c(-c4ccc5c(c4)sc4cc(-c6ccc7sc8ccc9ccccc9c8c7c6)ccc45)c4ccccc34)cccc2c1. The predicted molar refractivity (Wildman–Crippen MR) is 239 cm³/mol. The van der Waals surface area contributed by atoms with Gasteiger partial charge in [-0.25, -0.2) is 0 Å². The molecule has 0 radical (unpaired) electrons. The predicted octanol–water partition coefficient (Wildman–Crippen LogP) is 16.0. The van der Waals surface area contributed by atoms with Crippen molar-refractivity contribution in [3.8, 4) is 33.4 Å². The van der Waals surface area contributed by atoms with Crippen LogP contribution in [0.3, 0.4) is 0 Å². The molecule has 0 unspecified atom stereocenters. The molecule has 0 bridgehead atoms. The first-order chi connectivity index (χ1) is 26.8. The van der Waals surface area contributed by atoms with E-state index >= 15 is 0 Å². The highest BCUT2D eigenvalue weighted by Crippen LogP contribution is 2.47. The van der Waals surface area contributed by atoms with Gasteiger partial charge in [0, 0.05) is 40.3 Å². The molecule has 0 N–H and O–H groups in total. The van der Waals surface area contributed by atoms with Crippen LogP contribution in [-0.2, 0) is 0 Å². The third-order valence-electron chi connectivity index (χ3n) is 11.4. The van der Waals surface area contributed by atoms with Gasteiger partial charge < -0.3 is 0 Å². The molecule has 0 aliphatic rings. The Morgan fingerprint density at radius 3 is 1.48 bits per heavy atom. The van der Waals surface area contributed by atoms with Gasteiger partial charge in [-0.3, -0.25) is 0 Å². The van der Waals surface area contributed by atoms with Gasteiger partial charge in [0.1, 0.15) is 0 Å². The molecule has 0 fully saturated rings. The van der Waals surface area contributed by atoms with E-state index in [9.17, 15) is 0 Å². The molecule has 0 aliphatic carbocycles. The van der Waals surface area contributed by atoms with E-state index < -0.39 is 0 Å². The zero-order valence-corrected chi connectivity index (χ0v) is 30.8. The van der Waals surface area contributed by atoms with Gasteiger partial charge in [0.25, 0.3) is 0 Å². The Bertz CT molecular complexity index is 3440. The lowest BCUT2D eigenvalue weighted by Gasteiger charge is -2.18. The minimum absolute atomic E-state index is 1.26. The van der Waals surface area contributed by atoms with E-state index in [1.165, 1.54) is 117 Å². The van der Waals surface area contributed by atoms with Crippen molar-refractivity contribution in [2.24, 2.45) is 0 Å². The molecule has 10 aromatic carbocycles. The summed E-state index contributed by atoms with van der Waals surface area (Å²) in [5.41, 5.74) is 7.67. The van der Waals surface area contributed by atoms with Gasteiger partial charge in [-0.1, -0.05) is 152 Å². The van der Waals surface area contributed by atoms with Crippen molar-refractivity contribution in [1.29, 1.82) is 0 Å². The Kier molecular flexibility index (Phi) is 6.48. The smallest absolute Gasteiger partial charge is 0.0361 e. The van der Waals surface area contributed by atoms with E-state index in [1.807, 2.05) is 22.7 Å². The van der Waals surface area contributed by atoms with Crippen LogP contribution >= 0.6 is 22.7 Å². The van der Waals surface area contributed by atoms with Crippen LogP contribution in [0.25, 0.3) is 117 Å². The second-order valence-corrected chi connectivity index (χ2v) is 16.5.